The zero-order valence-corrected chi connectivity index (χ0v) is 13.8. The van der Waals surface area contributed by atoms with Gasteiger partial charge in [-0.15, -0.1) is 10.2 Å². The van der Waals surface area contributed by atoms with E-state index in [1.165, 1.54) is 12.0 Å². The van der Waals surface area contributed by atoms with Crippen molar-refractivity contribution in [3.8, 4) is 0 Å². The Kier molecular flexibility index (Phi) is 3.85. The lowest BCUT2D eigenvalue weighted by Gasteiger charge is -2.28. The van der Waals surface area contributed by atoms with Gasteiger partial charge in [-0.05, 0) is 31.6 Å². The SMILES string of the molecule is Cc1nnc(CCc2noc(C3=CCCC(C)(C)C3)n2)n1C. The number of rotatable bonds is 4. The lowest BCUT2D eigenvalue weighted by molar-refractivity contribution is 0.328. The predicted octanol–water partition coefficient (Wildman–Crippen LogP) is 2.89. The Morgan fingerprint density at radius 1 is 1.27 bits per heavy atom. The first-order valence-corrected chi connectivity index (χ1v) is 7.81. The predicted molar refractivity (Wildman–Crippen MR) is 83.1 cm³/mol. The van der Waals surface area contributed by atoms with E-state index in [-0.39, 0.29) is 0 Å². The summed E-state index contributed by atoms with van der Waals surface area (Å²) < 4.78 is 7.44. The number of hydrogen-bond acceptors (Lipinski definition) is 5. The molecule has 22 heavy (non-hydrogen) atoms. The van der Waals surface area contributed by atoms with Gasteiger partial charge in [-0.2, -0.15) is 4.98 Å². The van der Waals surface area contributed by atoms with Crippen LogP contribution in [0.25, 0.3) is 5.57 Å². The smallest absolute Gasteiger partial charge is 0.253 e. The maximum atomic E-state index is 5.45. The molecule has 6 nitrogen and oxygen atoms in total. The van der Waals surface area contributed by atoms with Crippen LogP contribution in [0.1, 0.15) is 56.5 Å². The quantitative estimate of drug-likeness (QED) is 0.868. The zero-order valence-electron chi connectivity index (χ0n) is 13.8. The maximum absolute atomic E-state index is 5.45. The fourth-order valence-electron chi connectivity index (χ4n) is 2.85. The van der Waals surface area contributed by atoms with Crippen molar-refractivity contribution < 1.29 is 4.52 Å². The summed E-state index contributed by atoms with van der Waals surface area (Å²) in [4.78, 5) is 4.55. The van der Waals surface area contributed by atoms with Crippen molar-refractivity contribution in [1.29, 1.82) is 0 Å². The number of hydrogen-bond donors (Lipinski definition) is 0. The summed E-state index contributed by atoms with van der Waals surface area (Å²) >= 11 is 0. The van der Waals surface area contributed by atoms with Crippen molar-refractivity contribution in [2.75, 3.05) is 0 Å². The average Bonchev–Trinajstić information content (AvgIpc) is 3.05. The van der Waals surface area contributed by atoms with E-state index in [9.17, 15) is 0 Å². The molecule has 0 unspecified atom stereocenters. The molecule has 6 heteroatoms. The molecule has 2 aromatic heterocycles. The van der Waals surface area contributed by atoms with Crippen LogP contribution in [0.3, 0.4) is 0 Å². The summed E-state index contributed by atoms with van der Waals surface area (Å²) in [5.74, 6) is 3.28. The van der Waals surface area contributed by atoms with Crippen molar-refractivity contribution in [1.82, 2.24) is 24.9 Å². The van der Waals surface area contributed by atoms with Crippen LogP contribution in [-0.2, 0) is 19.9 Å². The van der Waals surface area contributed by atoms with E-state index in [1.807, 2.05) is 18.5 Å². The Balaban J connectivity index is 1.67. The number of allylic oxidation sites excluding steroid dienone is 2. The van der Waals surface area contributed by atoms with Crippen molar-refractivity contribution in [2.24, 2.45) is 12.5 Å². The molecule has 0 aromatic carbocycles. The van der Waals surface area contributed by atoms with Crippen LogP contribution in [0.5, 0.6) is 0 Å². The molecule has 0 atom stereocenters. The second-order valence-corrected chi connectivity index (χ2v) is 6.85. The fraction of sp³-hybridized carbons (Fsp3) is 0.625. The zero-order chi connectivity index (χ0) is 15.7. The molecule has 0 amide bonds. The highest BCUT2D eigenvalue weighted by Gasteiger charge is 2.26. The highest BCUT2D eigenvalue weighted by atomic mass is 16.5. The second-order valence-electron chi connectivity index (χ2n) is 6.85. The maximum Gasteiger partial charge on any atom is 0.253 e. The van der Waals surface area contributed by atoms with Crippen LogP contribution in [0, 0.1) is 12.3 Å². The highest BCUT2D eigenvalue weighted by molar-refractivity contribution is 5.59. The van der Waals surface area contributed by atoms with E-state index in [0.717, 1.165) is 36.7 Å². The van der Waals surface area contributed by atoms with Gasteiger partial charge in [0.1, 0.15) is 11.6 Å². The first-order valence-electron chi connectivity index (χ1n) is 7.81. The number of nitrogens with zero attached hydrogens (tertiary/aromatic N) is 5. The monoisotopic (exact) mass is 301 g/mol. The Labute approximate surface area is 130 Å². The molecule has 2 aromatic rings. The van der Waals surface area contributed by atoms with Crippen LogP contribution in [0.4, 0.5) is 0 Å². The third kappa shape index (κ3) is 3.10. The topological polar surface area (TPSA) is 69.6 Å². The van der Waals surface area contributed by atoms with Gasteiger partial charge in [0.05, 0.1) is 0 Å². The first-order chi connectivity index (χ1) is 10.4. The van der Waals surface area contributed by atoms with Gasteiger partial charge in [-0.25, -0.2) is 0 Å². The molecule has 0 aliphatic heterocycles. The van der Waals surface area contributed by atoms with Crippen molar-refractivity contribution in [3.05, 3.63) is 29.4 Å². The van der Waals surface area contributed by atoms with E-state index >= 15 is 0 Å². The molecular weight excluding hydrogens is 278 g/mol. The van der Waals surface area contributed by atoms with Gasteiger partial charge in [-0.3, -0.25) is 0 Å². The Morgan fingerprint density at radius 2 is 2.09 bits per heavy atom. The average molecular weight is 301 g/mol. The molecule has 1 aliphatic carbocycles. The van der Waals surface area contributed by atoms with E-state index in [1.54, 1.807) is 0 Å². The third-order valence-corrected chi connectivity index (χ3v) is 4.38. The van der Waals surface area contributed by atoms with Crippen LogP contribution in [-0.4, -0.2) is 24.9 Å². The molecule has 3 rings (SSSR count). The second kappa shape index (κ2) is 5.66. The molecule has 0 radical (unpaired) electrons. The molecule has 0 spiro atoms. The molecule has 0 bridgehead atoms. The van der Waals surface area contributed by atoms with Gasteiger partial charge < -0.3 is 9.09 Å². The van der Waals surface area contributed by atoms with Gasteiger partial charge in [0.15, 0.2) is 5.82 Å². The summed E-state index contributed by atoms with van der Waals surface area (Å²) in [5.41, 5.74) is 1.50. The van der Waals surface area contributed by atoms with Gasteiger partial charge in [0, 0.05) is 25.5 Å². The Hall–Kier alpha value is -1.98. The van der Waals surface area contributed by atoms with E-state index < -0.39 is 0 Å². The van der Waals surface area contributed by atoms with Gasteiger partial charge in [0.25, 0.3) is 5.89 Å². The van der Waals surface area contributed by atoms with Crippen molar-refractivity contribution >= 4 is 5.57 Å². The summed E-state index contributed by atoms with van der Waals surface area (Å²) in [6.45, 7) is 6.52. The first kappa shape index (κ1) is 14.9. The summed E-state index contributed by atoms with van der Waals surface area (Å²) in [6, 6.07) is 0. The Bertz CT molecular complexity index is 695. The minimum absolute atomic E-state index is 0.314. The van der Waals surface area contributed by atoms with Crippen LogP contribution in [0.2, 0.25) is 0 Å². The minimum Gasteiger partial charge on any atom is -0.334 e. The molecule has 0 N–H and O–H groups in total. The Morgan fingerprint density at radius 3 is 2.77 bits per heavy atom. The molecule has 2 heterocycles. The van der Waals surface area contributed by atoms with E-state index in [2.05, 4.69) is 40.3 Å². The molecular formula is C16H23N5O. The van der Waals surface area contributed by atoms with Gasteiger partial charge in [0.2, 0.25) is 0 Å². The lowest BCUT2D eigenvalue weighted by Crippen LogP contribution is -2.15. The largest absolute Gasteiger partial charge is 0.334 e. The fourth-order valence-corrected chi connectivity index (χ4v) is 2.85. The number of aromatic nitrogens is 5. The number of aryl methyl sites for hydroxylation is 3. The lowest BCUT2D eigenvalue weighted by atomic mass is 9.77. The van der Waals surface area contributed by atoms with Crippen LogP contribution in [0.15, 0.2) is 10.6 Å². The minimum atomic E-state index is 0.314. The third-order valence-electron chi connectivity index (χ3n) is 4.38. The molecule has 0 fully saturated rings. The summed E-state index contributed by atoms with van der Waals surface area (Å²) in [6.07, 6.45) is 7.00. The van der Waals surface area contributed by atoms with Crippen molar-refractivity contribution in [2.45, 2.75) is 52.9 Å². The van der Waals surface area contributed by atoms with Crippen LogP contribution < -0.4 is 0 Å². The summed E-state index contributed by atoms with van der Waals surface area (Å²) in [5, 5.41) is 12.3. The molecule has 1 aliphatic rings. The van der Waals surface area contributed by atoms with E-state index in [0.29, 0.717) is 17.7 Å². The van der Waals surface area contributed by atoms with Gasteiger partial charge in [-0.1, -0.05) is 25.1 Å². The standard InChI is InChI=1S/C16H23N5O/c1-11-18-19-14(21(11)4)8-7-13-17-15(22-20-13)12-6-5-9-16(2,3)10-12/h6H,5,7-10H2,1-4H3. The summed E-state index contributed by atoms with van der Waals surface area (Å²) in [7, 11) is 1.97. The molecule has 0 saturated carbocycles. The van der Waals surface area contributed by atoms with E-state index in [4.69, 9.17) is 4.52 Å². The van der Waals surface area contributed by atoms with Crippen LogP contribution >= 0.6 is 0 Å². The van der Waals surface area contributed by atoms with Gasteiger partial charge >= 0.3 is 0 Å². The molecule has 118 valence electrons. The highest BCUT2D eigenvalue weighted by Crippen LogP contribution is 2.38. The normalized spacial score (nSPS) is 17.5. The van der Waals surface area contributed by atoms with Crippen molar-refractivity contribution in [3.63, 3.8) is 0 Å². The molecule has 0 saturated heterocycles.